The maximum Gasteiger partial charge on any atom is 0.162 e. The number of nitrogens with two attached hydrogens (primary N) is 1. The van der Waals surface area contributed by atoms with Crippen molar-refractivity contribution in [3.63, 3.8) is 0 Å². The highest BCUT2D eigenvalue weighted by atomic mass is 32.2. The highest BCUT2D eigenvalue weighted by molar-refractivity contribution is 7.99. The molecule has 0 fully saturated rings. The van der Waals surface area contributed by atoms with Crippen LogP contribution >= 0.6 is 11.8 Å². The molecule has 110 valence electrons. The van der Waals surface area contributed by atoms with Crippen LogP contribution in [-0.2, 0) is 0 Å². The van der Waals surface area contributed by atoms with Crippen molar-refractivity contribution in [2.24, 2.45) is 5.73 Å². The largest absolute Gasteiger partial charge is 0.486 e. The highest BCUT2D eigenvalue weighted by Gasteiger charge is 2.16. The molecular weight excluding hydrogens is 289 g/mol. The first kappa shape index (κ1) is 14.2. The van der Waals surface area contributed by atoms with Gasteiger partial charge in [-0.3, -0.25) is 0 Å². The smallest absolute Gasteiger partial charge is 0.162 e. The molecule has 21 heavy (non-hydrogen) atoms. The Morgan fingerprint density at radius 3 is 2.67 bits per heavy atom. The SMILES string of the molecule is CC(N)c1cccc(F)c1Sc1ccc2c(c1)OCCO2. The fraction of sp³-hybridized carbons (Fsp3) is 0.250. The second-order valence-corrected chi connectivity index (χ2v) is 5.94. The van der Waals surface area contributed by atoms with Crippen LogP contribution in [0.5, 0.6) is 11.5 Å². The van der Waals surface area contributed by atoms with Gasteiger partial charge >= 0.3 is 0 Å². The van der Waals surface area contributed by atoms with E-state index in [-0.39, 0.29) is 11.9 Å². The number of halogens is 1. The molecule has 1 aliphatic rings. The van der Waals surface area contributed by atoms with E-state index in [9.17, 15) is 4.39 Å². The fourth-order valence-electron chi connectivity index (χ4n) is 2.20. The van der Waals surface area contributed by atoms with Gasteiger partial charge < -0.3 is 15.2 Å². The van der Waals surface area contributed by atoms with Gasteiger partial charge in [0.1, 0.15) is 19.0 Å². The van der Waals surface area contributed by atoms with E-state index >= 15 is 0 Å². The minimum absolute atomic E-state index is 0.222. The Morgan fingerprint density at radius 2 is 1.90 bits per heavy atom. The van der Waals surface area contributed by atoms with Gasteiger partial charge in [-0.05, 0) is 36.8 Å². The van der Waals surface area contributed by atoms with Gasteiger partial charge in [-0.2, -0.15) is 0 Å². The molecule has 2 aromatic carbocycles. The van der Waals surface area contributed by atoms with Crippen molar-refractivity contribution < 1.29 is 13.9 Å². The van der Waals surface area contributed by atoms with Crippen molar-refractivity contribution >= 4 is 11.8 Å². The van der Waals surface area contributed by atoms with Gasteiger partial charge in [0, 0.05) is 10.9 Å². The lowest BCUT2D eigenvalue weighted by Gasteiger charge is -2.19. The van der Waals surface area contributed by atoms with Gasteiger partial charge in [-0.1, -0.05) is 23.9 Å². The molecule has 1 heterocycles. The zero-order valence-electron chi connectivity index (χ0n) is 11.6. The number of hydrogen-bond acceptors (Lipinski definition) is 4. The van der Waals surface area contributed by atoms with E-state index < -0.39 is 0 Å². The summed E-state index contributed by atoms with van der Waals surface area (Å²) >= 11 is 1.35. The topological polar surface area (TPSA) is 44.5 Å². The molecule has 2 aromatic rings. The van der Waals surface area contributed by atoms with Crippen LogP contribution in [-0.4, -0.2) is 13.2 Å². The van der Waals surface area contributed by atoms with E-state index in [1.54, 1.807) is 6.07 Å². The molecule has 0 bridgehead atoms. The van der Waals surface area contributed by atoms with E-state index in [2.05, 4.69) is 0 Å². The first-order valence-corrected chi connectivity index (χ1v) is 7.58. The molecule has 0 aliphatic carbocycles. The van der Waals surface area contributed by atoms with Crippen molar-refractivity contribution in [1.82, 2.24) is 0 Å². The van der Waals surface area contributed by atoms with Gasteiger partial charge in [0.2, 0.25) is 0 Å². The van der Waals surface area contributed by atoms with Crippen LogP contribution in [0.2, 0.25) is 0 Å². The van der Waals surface area contributed by atoms with Crippen LogP contribution in [0, 0.1) is 5.82 Å². The summed E-state index contributed by atoms with van der Waals surface area (Å²) in [4.78, 5) is 1.45. The molecule has 5 heteroatoms. The van der Waals surface area contributed by atoms with E-state index in [0.29, 0.717) is 23.9 Å². The highest BCUT2D eigenvalue weighted by Crippen LogP contribution is 2.39. The van der Waals surface area contributed by atoms with E-state index in [1.165, 1.54) is 17.8 Å². The third-order valence-electron chi connectivity index (χ3n) is 3.22. The van der Waals surface area contributed by atoms with Gasteiger partial charge in [-0.25, -0.2) is 4.39 Å². The Hall–Kier alpha value is -1.72. The first-order chi connectivity index (χ1) is 10.1. The molecule has 0 amide bonds. The maximum absolute atomic E-state index is 14.1. The quantitative estimate of drug-likeness (QED) is 0.937. The summed E-state index contributed by atoms with van der Waals surface area (Å²) in [5, 5.41) is 0. The predicted octanol–water partition coefficient (Wildman–Crippen LogP) is 3.77. The molecule has 0 aromatic heterocycles. The van der Waals surface area contributed by atoms with Crippen molar-refractivity contribution in [3.8, 4) is 11.5 Å². The van der Waals surface area contributed by atoms with Crippen molar-refractivity contribution in [2.75, 3.05) is 13.2 Å². The summed E-state index contributed by atoms with van der Waals surface area (Å²) in [5.41, 5.74) is 6.72. The fourth-order valence-corrected chi connectivity index (χ4v) is 3.27. The number of benzene rings is 2. The Morgan fingerprint density at radius 1 is 1.14 bits per heavy atom. The molecule has 3 rings (SSSR count). The second-order valence-electron chi connectivity index (χ2n) is 4.85. The van der Waals surface area contributed by atoms with Crippen LogP contribution in [0.15, 0.2) is 46.2 Å². The zero-order chi connectivity index (χ0) is 14.8. The standard InChI is InChI=1S/C16H16FNO2S/c1-10(18)12-3-2-4-13(17)16(12)21-11-5-6-14-15(9-11)20-8-7-19-14/h2-6,9-10H,7-8,18H2,1H3. The van der Waals surface area contributed by atoms with Crippen LogP contribution in [0.1, 0.15) is 18.5 Å². The molecule has 1 unspecified atom stereocenters. The lowest BCUT2D eigenvalue weighted by atomic mass is 10.1. The van der Waals surface area contributed by atoms with E-state index in [1.807, 2.05) is 31.2 Å². The Balaban J connectivity index is 1.94. The maximum atomic E-state index is 14.1. The molecule has 0 radical (unpaired) electrons. The third-order valence-corrected chi connectivity index (χ3v) is 4.35. The number of ether oxygens (including phenoxy) is 2. The summed E-state index contributed by atoms with van der Waals surface area (Å²) in [7, 11) is 0. The van der Waals surface area contributed by atoms with Crippen LogP contribution in [0.25, 0.3) is 0 Å². The average Bonchev–Trinajstić information content (AvgIpc) is 2.49. The molecule has 2 N–H and O–H groups in total. The summed E-state index contributed by atoms with van der Waals surface area (Å²) in [6.45, 7) is 2.94. The molecular formula is C16H16FNO2S. The Bertz CT molecular complexity index is 661. The minimum atomic E-state index is -0.260. The molecule has 3 nitrogen and oxygen atoms in total. The number of hydrogen-bond donors (Lipinski definition) is 1. The van der Waals surface area contributed by atoms with Crippen LogP contribution in [0.4, 0.5) is 4.39 Å². The lowest BCUT2D eigenvalue weighted by Crippen LogP contribution is -2.15. The van der Waals surface area contributed by atoms with E-state index in [4.69, 9.17) is 15.2 Å². The monoisotopic (exact) mass is 305 g/mol. The van der Waals surface area contributed by atoms with Crippen LogP contribution < -0.4 is 15.2 Å². The van der Waals surface area contributed by atoms with Gasteiger partial charge in [-0.15, -0.1) is 0 Å². The Labute approximate surface area is 127 Å². The minimum Gasteiger partial charge on any atom is -0.486 e. The summed E-state index contributed by atoms with van der Waals surface area (Å²) < 4.78 is 25.1. The molecule has 1 aliphatic heterocycles. The molecule has 0 saturated carbocycles. The number of fused-ring (bicyclic) bond motifs is 1. The predicted molar refractivity (Wildman–Crippen MR) is 80.6 cm³/mol. The van der Waals surface area contributed by atoms with Crippen molar-refractivity contribution in [3.05, 3.63) is 47.8 Å². The lowest BCUT2D eigenvalue weighted by molar-refractivity contribution is 0.171. The summed E-state index contributed by atoms with van der Waals surface area (Å²) in [5.74, 6) is 1.17. The van der Waals surface area contributed by atoms with Crippen molar-refractivity contribution in [1.29, 1.82) is 0 Å². The average molecular weight is 305 g/mol. The molecule has 0 saturated heterocycles. The summed E-state index contributed by atoms with van der Waals surface area (Å²) in [6.07, 6.45) is 0. The van der Waals surface area contributed by atoms with Gasteiger partial charge in [0.25, 0.3) is 0 Å². The Kier molecular flexibility index (Phi) is 4.03. The molecule has 0 spiro atoms. The molecule has 1 atom stereocenters. The summed E-state index contributed by atoms with van der Waals surface area (Å²) in [6, 6.07) is 10.4. The normalized spacial score (nSPS) is 14.8. The van der Waals surface area contributed by atoms with Crippen LogP contribution in [0.3, 0.4) is 0 Å². The van der Waals surface area contributed by atoms with Gasteiger partial charge in [0.05, 0.1) is 4.90 Å². The number of rotatable bonds is 3. The zero-order valence-corrected chi connectivity index (χ0v) is 12.5. The van der Waals surface area contributed by atoms with E-state index in [0.717, 1.165) is 16.2 Å². The van der Waals surface area contributed by atoms with Gasteiger partial charge in [0.15, 0.2) is 11.5 Å². The third kappa shape index (κ3) is 2.99. The van der Waals surface area contributed by atoms with Crippen molar-refractivity contribution in [2.45, 2.75) is 22.8 Å². The first-order valence-electron chi connectivity index (χ1n) is 6.76. The second kappa shape index (κ2) is 5.95.